The van der Waals surface area contributed by atoms with Gasteiger partial charge in [-0.1, -0.05) is 0 Å². The maximum Gasteiger partial charge on any atom is 0.259 e. The summed E-state index contributed by atoms with van der Waals surface area (Å²) in [7, 11) is 0. The van der Waals surface area contributed by atoms with Crippen LogP contribution in [0.25, 0.3) is 11.0 Å². The molecule has 0 aromatic carbocycles. The number of thiol groups is 1. The van der Waals surface area contributed by atoms with Gasteiger partial charge in [0.15, 0.2) is 0 Å². The molecule has 5 heteroatoms. The highest BCUT2D eigenvalue weighted by molar-refractivity contribution is 7.80. The maximum absolute atomic E-state index is 12.8. The first kappa shape index (κ1) is 15.4. The third kappa shape index (κ3) is 2.41. The standard InChI is InChI=1S/C17H22N2O2S/c1-4-19-15-12(6-5-11(2)18-15)14-13(16(19)20)7-8-17(3,21-14)9-10-22/h5-6,22H,4,7-10H2,1-3H3. The highest BCUT2D eigenvalue weighted by Gasteiger charge is 2.34. The number of pyridine rings is 2. The fourth-order valence-corrected chi connectivity index (χ4v) is 3.65. The number of hydrogen-bond acceptors (Lipinski definition) is 4. The van der Waals surface area contributed by atoms with Crippen LogP contribution in [0.3, 0.4) is 0 Å². The molecule has 0 saturated carbocycles. The molecule has 1 aliphatic rings. The van der Waals surface area contributed by atoms with Crippen LogP contribution in [-0.2, 0) is 13.0 Å². The van der Waals surface area contributed by atoms with Gasteiger partial charge >= 0.3 is 0 Å². The second-order valence-electron chi connectivity index (χ2n) is 6.21. The summed E-state index contributed by atoms with van der Waals surface area (Å²) in [5.74, 6) is 1.50. The van der Waals surface area contributed by atoms with Crippen LogP contribution in [0.15, 0.2) is 16.9 Å². The molecule has 2 aromatic rings. The van der Waals surface area contributed by atoms with Crippen molar-refractivity contribution in [2.75, 3.05) is 5.75 Å². The molecular weight excluding hydrogens is 296 g/mol. The van der Waals surface area contributed by atoms with Gasteiger partial charge in [0, 0.05) is 12.2 Å². The van der Waals surface area contributed by atoms with Crippen LogP contribution < -0.4 is 10.3 Å². The van der Waals surface area contributed by atoms with E-state index in [0.717, 1.165) is 53.1 Å². The Morgan fingerprint density at radius 2 is 2.23 bits per heavy atom. The maximum atomic E-state index is 12.8. The highest BCUT2D eigenvalue weighted by atomic mass is 32.1. The molecule has 0 fully saturated rings. The second kappa shape index (κ2) is 5.61. The van der Waals surface area contributed by atoms with Crippen LogP contribution in [-0.4, -0.2) is 20.9 Å². The minimum absolute atomic E-state index is 0.0380. The Bertz CT molecular complexity index is 784. The van der Waals surface area contributed by atoms with Crippen molar-refractivity contribution in [1.29, 1.82) is 0 Å². The van der Waals surface area contributed by atoms with Crippen molar-refractivity contribution in [2.45, 2.75) is 52.2 Å². The molecule has 0 N–H and O–H groups in total. The smallest absolute Gasteiger partial charge is 0.259 e. The number of rotatable bonds is 3. The van der Waals surface area contributed by atoms with Crippen molar-refractivity contribution in [3.05, 3.63) is 33.7 Å². The molecule has 2 aromatic heterocycles. The van der Waals surface area contributed by atoms with Crippen molar-refractivity contribution < 1.29 is 4.74 Å². The molecule has 22 heavy (non-hydrogen) atoms. The summed E-state index contributed by atoms with van der Waals surface area (Å²) >= 11 is 4.34. The summed E-state index contributed by atoms with van der Waals surface area (Å²) < 4.78 is 8.05. The van der Waals surface area contributed by atoms with Gasteiger partial charge in [-0.15, -0.1) is 0 Å². The largest absolute Gasteiger partial charge is 0.486 e. The average molecular weight is 318 g/mol. The van der Waals surface area contributed by atoms with Crippen LogP contribution in [0.2, 0.25) is 0 Å². The monoisotopic (exact) mass is 318 g/mol. The number of ether oxygens (including phenoxy) is 1. The van der Waals surface area contributed by atoms with E-state index >= 15 is 0 Å². The molecule has 1 atom stereocenters. The van der Waals surface area contributed by atoms with Crippen LogP contribution >= 0.6 is 12.6 Å². The number of aromatic nitrogens is 2. The molecule has 0 bridgehead atoms. The third-order valence-electron chi connectivity index (χ3n) is 4.50. The van der Waals surface area contributed by atoms with E-state index in [0.29, 0.717) is 6.54 Å². The molecule has 118 valence electrons. The summed E-state index contributed by atoms with van der Waals surface area (Å²) in [5, 5.41) is 0.937. The highest BCUT2D eigenvalue weighted by Crippen LogP contribution is 2.38. The van der Waals surface area contributed by atoms with E-state index in [2.05, 4.69) is 24.5 Å². The topological polar surface area (TPSA) is 44.1 Å². The first-order valence-electron chi connectivity index (χ1n) is 7.82. The molecule has 0 spiro atoms. The normalized spacial score (nSPS) is 20.7. The fourth-order valence-electron chi connectivity index (χ4n) is 3.17. The van der Waals surface area contributed by atoms with Crippen molar-refractivity contribution in [3.8, 4) is 5.75 Å². The zero-order chi connectivity index (χ0) is 15.9. The molecule has 4 nitrogen and oxygen atoms in total. The van der Waals surface area contributed by atoms with E-state index in [1.165, 1.54) is 0 Å². The Morgan fingerprint density at radius 1 is 1.45 bits per heavy atom. The van der Waals surface area contributed by atoms with E-state index in [1.54, 1.807) is 4.57 Å². The molecule has 3 heterocycles. The molecule has 1 aliphatic heterocycles. The molecule has 0 radical (unpaired) electrons. The van der Waals surface area contributed by atoms with Gasteiger partial charge in [-0.3, -0.25) is 9.36 Å². The first-order valence-corrected chi connectivity index (χ1v) is 8.45. The van der Waals surface area contributed by atoms with Crippen LogP contribution in [0.1, 0.15) is 37.9 Å². The predicted octanol–water partition coefficient (Wildman–Crippen LogP) is 3.13. The van der Waals surface area contributed by atoms with Crippen molar-refractivity contribution >= 4 is 23.7 Å². The summed E-state index contributed by atoms with van der Waals surface area (Å²) in [6.45, 7) is 6.64. The third-order valence-corrected chi connectivity index (χ3v) is 4.72. The molecule has 3 rings (SSSR count). The SMILES string of the molecule is CCn1c(=O)c2c(c3ccc(C)nc31)OC(C)(CCS)CC2. The number of fused-ring (bicyclic) bond motifs is 3. The lowest BCUT2D eigenvalue weighted by Crippen LogP contribution is -2.40. The van der Waals surface area contributed by atoms with Gasteiger partial charge in [-0.05, 0) is 57.9 Å². The van der Waals surface area contributed by atoms with Crippen LogP contribution in [0.5, 0.6) is 5.75 Å². The van der Waals surface area contributed by atoms with E-state index in [4.69, 9.17) is 4.74 Å². The van der Waals surface area contributed by atoms with Gasteiger partial charge in [0.1, 0.15) is 17.0 Å². The van der Waals surface area contributed by atoms with E-state index < -0.39 is 0 Å². The predicted molar refractivity (Wildman–Crippen MR) is 92.2 cm³/mol. The van der Waals surface area contributed by atoms with Crippen molar-refractivity contribution in [3.63, 3.8) is 0 Å². The second-order valence-corrected chi connectivity index (χ2v) is 6.65. The van der Waals surface area contributed by atoms with Gasteiger partial charge in [0.05, 0.1) is 10.9 Å². The summed E-state index contributed by atoms with van der Waals surface area (Å²) in [4.78, 5) is 17.3. The number of hydrogen-bond donors (Lipinski definition) is 1. The lowest BCUT2D eigenvalue weighted by molar-refractivity contribution is 0.0637. The van der Waals surface area contributed by atoms with Gasteiger partial charge in [0.2, 0.25) is 0 Å². The Balaban J connectivity index is 2.28. The molecule has 1 unspecified atom stereocenters. The Morgan fingerprint density at radius 3 is 2.91 bits per heavy atom. The lowest BCUT2D eigenvalue weighted by Gasteiger charge is -2.36. The number of nitrogens with zero attached hydrogens (tertiary/aromatic N) is 2. The van der Waals surface area contributed by atoms with Gasteiger partial charge in [-0.25, -0.2) is 4.98 Å². The van der Waals surface area contributed by atoms with Gasteiger partial charge < -0.3 is 4.74 Å². The number of aryl methyl sites for hydroxylation is 2. The van der Waals surface area contributed by atoms with Gasteiger partial charge in [0.25, 0.3) is 5.56 Å². The van der Waals surface area contributed by atoms with Crippen molar-refractivity contribution in [1.82, 2.24) is 9.55 Å². The van der Waals surface area contributed by atoms with E-state index in [9.17, 15) is 4.79 Å². The quantitative estimate of drug-likeness (QED) is 0.884. The molecular formula is C17H22N2O2S. The van der Waals surface area contributed by atoms with Crippen LogP contribution in [0.4, 0.5) is 0 Å². The lowest BCUT2D eigenvalue weighted by atomic mass is 9.90. The van der Waals surface area contributed by atoms with E-state index in [1.807, 2.05) is 26.0 Å². The zero-order valence-electron chi connectivity index (χ0n) is 13.3. The molecule has 0 amide bonds. The Hall–Kier alpha value is -1.49. The molecule has 0 aliphatic carbocycles. The van der Waals surface area contributed by atoms with Crippen LogP contribution in [0, 0.1) is 6.92 Å². The molecule has 0 saturated heterocycles. The van der Waals surface area contributed by atoms with E-state index in [-0.39, 0.29) is 11.2 Å². The first-order chi connectivity index (χ1) is 10.5. The fraction of sp³-hybridized carbons (Fsp3) is 0.529. The Kier molecular flexibility index (Phi) is 3.93. The van der Waals surface area contributed by atoms with Gasteiger partial charge in [-0.2, -0.15) is 12.6 Å². The minimum Gasteiger partial charge on any atom is -0.486 e. The zero-order valence-corrected chi connectivity index (χ0v) is 14.2. The minimum atomic E-state index is -0.253. The summed E-state index contributed by atoms with van der Waals surface area (Å²) in [5.41, 5.74) is 2.20. The Labute approximate surface area is 135 Å². The summed E-state index contributed by atoms with van der Waals surface area (Å²) in [6, 6.07) is 4.00. The average Bonchev–Trinajstić information content (AvgIpc) is 2.47. The van der Waals surface area contributed by atoms with Crippen molar-refractivity contribution in [2.24, 2.45) is 0 Å². The summed E-state index contributed by atoms with van der Waals surface area (Å²) in [6.07, 6.45) is 2.47.